The fourth-order valence-corrected chi connectivity index (χ4v) is 1.82. The molecule has 1 aromatic carbocycles. The number of Topliss-reactive ketones (excluding diaryl/α,β-unsaturated/α-hetero) is 1. The third kappa shape index (κ3) is 4.49. The number of phenols is 1. The van der Waals surface area contributed by atoms with Crippen molar-refractivity contribution in [3.63, 3.8) is 0 Å². The maximum absolute atomic E-state index is 11.7. The first-order valence-corrected chi connectivity index (χ1v) is 6.53. The molecule has 0 saturated carbocycles. The van der Waals surface area contributed by atoms with Crippen LogP contribution < -0.4 is 0 Å². The molecule has 0 amide bonds. The van der Waals surface area contributed by atoms with Crippen LogP contribution in [0.15, 0.2) is 24.3 Å². The average Bonchev–Trinajstić information content (AvgIpc) is 2.39. The van der Waals surface area contributed by atoms with Gasteiger partial charge in [-0.2, -0.15) is 0 Å². The largest absolute Gasteiger partial charge is 0.508 e. The van der Waals surface area contributed by atoms with Gasteiger partial charge in [-0.25, -0.2) is 0 Å². The number of hydrogen-bond donors (Lipinski definition) is 2. The molecule has 0 aromatic heterocycles. The number of aromatic hydroxyl groups is 1. The first-order valence-electron chi connectivity index (χ1n) is 6.53. The molecular weight excluding hydrogens is 228 g/mol. The molecule has 3 nitrogen and oxygen atoms in total. The zero-order valence-electron chi connectivity index (χ0n) is 11.1. The van der Waals surface area contributed by atoms with Crippen molar-refractivity contribution in [1.29, 1.82) is 0 Å². The van der Waals surface area contributed by atoms with E-state index in [4.69, 9.17) is 5.11 Å². The van der Waals surface area contributed by atoms with Gasteiger partial charge in [-0.05, 0) is 36.5 Å². The molecule has 2 atom stereocenters. The molecule has 0 aliphatic carbocycles. The summed E-state index contributed by atoms with van der Waals surface area (Å²) in [5.74, 6) is 0.219. The molecule has 0 radical (unpaired) electrons. The van der Waals surface area contributed by atoms with Gasteiger partial charge in [-0.1, -0.05) is 32.4 Å². The summed E-state index contributed by atoms with van der Waals surface area (Å²) in [5, 5.41) is 18.9. The van der Waals surface area contributed by atoms with Crippen LogP contribution in [0.5, 0.6) is 5.75 Å². The zero-order chi connectivity index (χ0) is 13.5. The molecule has 1 rings (SSSR count). The molecular formula is C15H22O3. The second kappa shape index (κ2) is 7.17. The van der Waals surface area contributed by atoms with Crippen molar-refractivity contribution in [3.05, 3.63) is 29.8 Å². The summed E-state index contributed by atoms with van der Waals surface area (Å²) >= 11 is 0. The number of hydrogen-bond acceptors (Lipinski definition) is 3. The topological polar surface area (TPSA) is 57.5 Å². The number of aliphatic hydroxyl groups is 1. The predicted octanol–water partition coefficient (Wildman–Crippen LogP) is 2.69. The van der Waals surface area contributed by atoms with E-state index >= 15 is 0 Å². The maximum Gasteiger partial charge on any atom is 0.161 e. The SMILES string of the molecule is CCC(C)C(O)C(=O)CCCc1ccc(O)cc1. The molecule has 18 heavy (non-hydrogen) atoms. The van der Waals surface area contributed by atoms with E-state index in [9.17, 15) is 9.90 Å². The van der Waals surface area contributed by atoms with Gasteiger partial charge in [0.15, 0.2) is 5.78 Å². The van der Waals surface area contributed by atoms with Crippen LogP contribution in [-0.2, 0) is 11.2 Å². The Bertz CT molecular complexity index is 370. The summed E-state index contributed by atoms with van der Waals surface area (Å²) in [5.41, 5.74) is 1.10. The van der Waals surface area contributed by atoms with Crippen LogP contribution >= 0.6 is 0 Å². The number of aryl methyl sites for hydroxylation is 1. The third-order valence-corrected chi connectivity index (χ3v) is 3.34. The molecule has 0 heterocycles. The van der Waals surface area contributed by atoms with Gasteiger partial charge in [-0.15, -0.1) is 0 Å². The summed E-state index contributed by atoms with van der Waals surface area (Å²) < 4.78 is 0. The number of benzene rings is 1. The minimum absolute atomic E-state index is 0.0335. The van der Waals surface area contributed by atoms with E-state index in [0.717, 1.165) is 24.8 Å². The lowest BCUT2D eigenvalue weighted by molar-refractivity contribution is -0.129. The molecule has 0 aliphatic rings. The van der Waals surface area contributed by atoms with Crippen LogP contribution in [0.3, 0.4) is 0 Å². The predicted molar refractivity (Wildman–Crippen MR) is 71.5 cm³/mol. The molecule has 2 unspecified atom stereocenters. The molecule has 0 saturated heterocycles. The van der Waals surface area contributed by atoms with Gasteiger partial charge in [-0.3, -0.25) is 4.79 Å². The van der Waals surface area contributed by atoms with E-state index in [2.05, 4.69) is 0 Å². The number of rotatable bonds is 7. The van der Waals surface area contributed by atoms with E-state index in [1.54, 1.807) is 12.1 Å². The van der Waals surface area contributed by atoms with Gasteiger partial charge in [0.2, 0.25) is 0 Å². The molecule has 100 valence electrons. The van der Waals surface area contributed by atoms with Crippen LogP contribution in [0.1, 0.15) is 38.7 Å². The van der Waals surface area contributed by atoms with Crippen molar-refractivity contribution >= 4 is 5.78 Å². The first kappa shape index (κ1) is 14.7. The maximum atomic E-state index is 11.7. The molecule has 1 aromatic rings. The lowest BCUT2D eigenvalue weighted by Gasteiger charge is -2.15. The number of aliphatic hydroxyl groups excluding tert-OH is 1. The van der Waals surface area contributed by atoms with Gasteiger partial charge in [0, 0.05) is 6.42 Å². The number of ketones is 1. The van der Waals surface area contributed by atoms with Gasteiger partial charge in [0.1, 0.15) is 11.9 Å². The van der Waals surface area contributed by atoms with E-state index in [1.165, 1.54) is 0 Å². The highest BCUT2D eigenvalue weighted by Gasteiger charge is 2.19. The summed E-state index contributed by atoms with van der Waals surface area (Å²) in [6.45, 7) is 3.86. The molecule has 0 bridgehead atoms. The Morgan fingerprint density at radius 1 is 1.28 bits per heavy atom. The Balaban J connectivity index is 2.33. The van der Waals surface area contributed by atoms with Crippen LogP contribution in [0, 0.1) is 5.92 Å². The van der Waals surface area contributed by atoms with Crippen molar-refractivity contribution in [2.75, 3.05) is 0 Å². The van der Waals surface area contributed by atoms with Crippen LogP contribution in [0.2, 0.25) is 0 Å². The molecule has 0 spiro atoms. The Morgan fingerprint density at radius 3 is 2.44 bits per heavy atom. The van der Waals surface area contributed by atoms with Crippen molar-refractivity contribution in [2.24, 2.45) is 5.92 Å². The summed E-state index contributed by atoms with van der Waals surface area (Å²) in [4.78, 5) is 11.7. The molecule has 3 heteroatoms. The summed E-state index contributed by atoms with van der Waals surface area (Å²) in [6.07, 6.45) is 1.92. The van der Waals surface area contributed by atoms with Gasteiger partial charge < -0.3 is 10.2 Å². The average molecular weight is 250 g/mol. The van der Waals surface area contributed by atoms with Crippen molar-refractivity contribution in [3.8, 4) is 5.75 Å². The minimum atomic E-state index is -0.824. The smallest absolute Gasteiger partial charge is 0.161 e. The molecule has 0 aliphatic heterocycles. The van der Waals surface area contributed by atoms with Crippen LogP contribution in [-0.4, -0.2) is 22.1 Å². The Kier molecular flexibility index (Phi) is 5.86. The molecule has 0 fully saturated rings. The second-order valence-corrected chi connectivity index (χ2v) is 4.82. The Labute approximate surface area is 108 Å². The van der Waals surface area contributed by atoms with Gasteiger partial charge in [0.05, 0.1) is 0 Å². The Hall–Kier alpha value is -1.35. The van der Waals surface area contributed by atoms with E-state index in [0.29, 0.717) is 6.42 Å². The van der Waals surface area contributed by atoms with Crippen LogP contribution in [0.4, 0.5) is 0 Å². The lowest BCUT2D eigenvalue weighted by Crippen LogP contribution is -2.27. The fourth-order valence-electron chi connectivity index (χ4n) is 1.82. The van der Waals surface area contributed by atoms with Crippen LogP contribution in [0.25, 0.3) is 0 Å². The quantitative estimate of drug-likeness (QED) is 0.782. The van der Waals surface area contributed by atoms with E-state index in [-0.39, 0.29) is 17.5 Å². The van der Waals surface area contributed by atoms with E-state index < -0.39 is 6.10 Å². The van der Waals surface area contributed by atoms with E-state index in [1.807, 2.05) is 26.0 Å². The number of carbonyl (C=O) groups excluding carboxylic acids is 1. The standard InChI is InChI=1S/C15H22O3/c1-3-11(2)15(18)14(17)6-4-5-12-7-9-13(16)10-8-12/h7-11,15-16,18H,3-6H2,1-2H3. The lowest BCUT2D eigenvalue weighted by atomic mass is 9.95. The minimum Gasteiger partial charge on any atom is -0.508 e. The Morgan fingerprint density at radius 2 is 1.89 bits per heavy atom. The zero-order valence-corrected chi connectivity index (χ0v) is 11.1. The van der Waals surface area contributed by atoms with Crippen molar-refractivity contribution in [1.82, 2.24) is 0 Å². The summed E-state index contributed by atoms with van der Waals surface area (Å²) in [6, 6.07) is 6.99. The van der Waals surface area contributed by atoms with Gasteiger partial charge >= 0.3 is 0 Å². The highest BCUT2D eigenvalue weighted by molar-refractivity contribution is 5.83. The first-order chi connectivity index (χ1) is 8.54. The fraction of sp³-hybridized carbons (Fsp3) is 0.533. The normalized spacial score (nSPS) is 14.2. The van der Waals surface area contributed by atoms with Crippen molar-refractivity contribution in [2.45, 2.75) is 45.6 Å². The number of carbonyl (C=O) groups is 1. The summed E-state index contributed by atoms with van der Waals surface area (Å²) in [7, 11) is 0. The number of phenolic OH excluding ortho intramolecular Hbond substituents is 1. The van der Waals surface area contributed by atoms with Gasteiger partial charge in [0.25, 0.3) is 0 Å². The monoisotopic (exact) mass is 250 g/mol. The second-order valence-electron chi connectivity index (χ2n) is 4.82. The highest BCUT2D eigenvalue weighted by Crippen LogP contribution is 2.14. The molecule has 2 N–H and O–H groups in total. The third-order valence-electron chi connectivity index (χ3n) is 3.34. The highest BCUT2D eigenvalue weighted by atomic mass is 16.3. The van der Waals surface area contributed by atoms with Crippen molar-refractivity contribution < 1.29 is 15.0 Å².